The maximum Gasteiger partial charge on any atom is 0.228 e. The van der Waals surface area contributed by atoms with Gasteiger partial charge in [0.2, 0.25) is 5.95 Å². The average molecular weight is 338 g/mol. The number of ether oxygens (including phenoxy) is 1. The van der Waals surface area contributed by atoms with Crippen LogP contribution in [0.1, 0.15) is 5.56 Å². The zero-order chi connectivity index (χ0) is 16.8. The molecule has 0 unspecified atom stereocenters. The Hall–Kier alpha value is -2.57. The highest BCUT2D eigenvalue weighted by molar-refractivity contribution is 7.99. The SMILES string of the molecule is COc1cccc(Sc2ccnc(Nc3cccc(CN)c3)n2)c1. The minimum Gasteiger partial charge on any atom is -0.497 e. The van der Waals surface area contributed by atoms with Gasteiger partial charge in [-0.05, 0) is 42.0 Å². The molecule has 6 heteroatoms. The van der Waals surface area contributed by atoms with Gasteiger partial charge in [-0.25, -0.2) is 9.97 Å². The van der Waals surface area contributed by atoms with Gasteiger partial charge in [-0.3, -0.25) is 0 Å². The van der Waals surface area contributed by atoms with E-state index in [-0.39, 0.29) is 0 Å². The van der Waals surface area contributed by atoms with E-state index in [1.165, 1.54) is 0 Å². The molecule has 0 atom stereocenters. The second kappa shape index (κ2) is 7.81. The van der Waals surface area contributed by atoms with E-state index in [0.29, 0.717) is 12.5 Å². The van der Waals surface area contributed by atoms with E-state index in [2.05, 4.69) is 15.3 Å². The van der Waals surface area contributed by atoms with Crippen molar-refractivity contribution in [3.05, 3.63) is 66.4 Å². The molecule has 5 nitrogen and oxygen atoms in total. The Labute approximate surface area is 145 Å². The van der Waals surface area contributed by atoms with Crippen LogP contribution in [0.25, 0.3) is 0 Å². The van der Waals surface area contributed by atoms with Gasteiger partial charge in [-0.15, -0.1) is 0 Å². The number of methoxy groups -OCH3 is 1. The molecule has 0 aliphatic rings. The van der Waals surface area contributed by atoms with E-state index in [4.69, 9.17) is 10.5 Å². The van der Waals surface area contributed by atoms with Crippen molar-refractivity contribution in [3.63, 3.8) is 0 Å². The fourth-order valence-corrected chi connectivity index (χ4v) is 2.97. The molecule has 0 amide bonds. The average Bonchev–Trinajstić information content (AvgIpc) is 2.62. The fourth-order valence-electron chi connectivity index (χ4n) is 2.15. The summed E-state index contributed by atoms with van der Waals surface area (Å²) in [5.74, 6) is 1.38. The topological polar surface area (TPSA) is 73.1 Å². The molecule has 122 valence electrons. The Morgan fingerprint density at radius 2 is 2.00 bits per heavy atom. The number of aromatic nitrogens is 2. The van der Waals surface area contributed by atoms with Gasteiger partial charge in [0.25, 0.3) is 0 Å². The number of rotatable bonds is 6. The number of benzene rings is 2. The lowest BCUT2D eigenvalue weighted by Gasteiger charge is -2.08. The first-order valence-corrected chi connectivity index (χ1v) is 8.29. The molecular weight excluding hydrogens is 320 g/mol. The van der Waals surface area contributed by atoms with Gasteiger partial charge in [0.1, 0.15) is 10.8 Å². The molecule has 0 saturated heterocycles. The zero-order valence-corrected chi connectivity index (χ0v) is 14.1. The zero-order valence-electron chi connectivity index (χ0n) is 13.3. The molecule has 3 rings (SSSR count). The molecule has 24 heavy (non-hydrogen) atoms. The van der Waals surface area contributed by atoms with Gasteiger partial charge in [-0.1, -0.05) is 30.0 Å². The third-order valence-electron chi connectivity index (χ3n) is 3.31. The van der Waals surface area contributed by atoms with Crippen LogP contribution < -0.4 is 15.8 Å². The van der Waals surface area contributed by atoms with E-state index in [1.807, 2.05) is 54.6 Å². The van der Waals surface area contributed by atoms with Crippen LogP contribution in [0.4, 0.5) is 11.6 Å². The second-order valence-electron chi connectivity index (χ2n) is 5.03. The van der Waals surface area contributed by atoms with Crippen LogP contribution in [-0.2, 0) is 6.54 Å². The van der Waals surface area contributed by atoms with E-state index < -0.39 is 0 Å². The highest BCUT2D eigenvalue weighted by Crippen LogP contribution is 2.29. The van der Waals surface area contributed by atoms with Gasteiger partial charge >= 0.3 is 0 Å². The molecule has 3 N–H and O–H groups in total. The van der Waals surface area contributed by atoms with E-state index in [1.54, 1.807) is 25.1 Å². The van der Waals surface area contributed by atoms with E-state index >= 15 is 0 Å². The van der Waals surface area contributed by atoms with E-state index in [9.17, 15) is 0 Å². The smallest absolute Gasteiger partial charge is 0.228 e. The standard InChI is InChI=1S/C18H18N4OS/c1-23-15-6-3-7-16(11-15)24-17-8-9-20-18(22-17)21-14-5-2-4-13(10-14)12-19/h2-11H,12,19H2,1H3,(H,20,21,22). The third-order valence-corrected chi connectivity index (χ3v) is 4.24. The van der Waals surface area contributed by atoms with Crippen molar-refractivity contribution in [3.8, 4) is 5.75 Å². The Morgan fingerprint density at radius 1 is 1.12 bits per heavy atom. The first-order chi connectivity index (χ1) is 11.8. The quantitative estimate of drug-likeness (QED) is 0.665. The summed E-state index contributed by atoms with van der Waals surface area (Å²) in [7, 11) is 1.66. The number of nitrogens with one attached hydrogen (secondary N) is 1. The van der Waals surface area contributed by atoms with Crippen LogP contribution in [0.15, 0.2) is 70.7 Å². The normalized spacial score (nSPS) is 10.4. The summed E-state index contributed by atoms with van der Waals surface area (Å²) in [6.45, 7) is 0.502. The number of anilines is 2. The maximum atomic E-state index is 5.67. The summed E-state index contributed by atoms with van der Waals surface area (Å²) >= 11 is 1.56. The summed E-state index contributed by atoms with van der Waals surface area (Å²) < 4.78 is 5.25. The molecule has 1 heterocycles. The van der Waals surface area contributed by atoms with Gasteiger partial charge in [0.05, 0.1) is 7.11 Å². The largest absolute Gasteiger partial charge is 0.497 e. The van der Waals surface area contributed by atoms with Crippen molar-refractivity contribution >= 4 is 23.4 Å². The lowest BCUT2D eigenvalue weighted by Crippen LogP contribution is -2.00. The Morgan fingerprint density at radius 3 is 2.83 bits per heavy atom. The van der Waals surface area contributed by atoms with Crippen molar-refractivity contribution in [1.29, 1.82) is 0 Å². The molecule has 0 aliphatic heterocycles. The lowest BCUT2D eigenvalue weighted by molar-refractivity contribution is 0.413. The molecule has 0 aliphatic carbocycles. The number of hydrogen-bond acceptors (Lipinski definition) is 6. The van der Waals surface area contributed by atoms with Crippen molar-refractivity contribution in [2.45, 2.75) is 16.5 Å². The first kappa shape index (κ1) is 16.3. The van der Waals surface area contributed by atoms with Gasteiger partial charge in [0, 0.05) is 23.3 Å². The molecular formula is C18H18N4OS. The van der Waals surface area contributed by atoms with Gasteiger partial charge < -0.3 is 15.8 Å². The highest BCUT2D eigenvalue weighted by atomic mass is 32.2. The molecule has 0 radical (unpaired) electrons. The molecule has 3 aromatic rings. The van der Waals surface area contributed by atoms with E-state index in [0.717, 1.165) is 26.9 Å². The predicted molar refractivity (Wildman–Crippen MR) is 96.8 cm³/mol. The number of nitrogens with two attached hydrogens (primary N) is 1. The summed E-state index contributed by atoms with van der Waals surface area (Å²) in [5, 5.41) is 4.07. The molecule has 0 spiro atoms. The molecule has 0 bridgehead atoms. The van der Waals surface area contributed by atoms with Crippen molar-refractivity contribution < 1.29 is 4.74 Å². The molecule has 0 fully saturated rings. The van der Waals surface area contributed by atoms with Crippen LogP contribution in [0, 0.1) is 0 Å². The maximum absolute atomic E-state index is 5.67. The van der Waals surface area contributed by atoms with Crippen LogP contribution in [-0.4, -0.2) is 17.1 Å². The van der Waals surface area contributed by atoms with Crippen molar-refractivity contribution in [2.24, 2.45) is 5.73 Å². The van der Waals surface area contributed by atoms with Crippen molar-refractivity contribution in [2.75, 3.05) is 12.4 Å². The summed E-state index contributed by atoms with van der Waals surface area (Å²) in [6, 6.07) is 17.7. The second-order valence-corrected chi connectivity index (χ2v) is 6.12. The van der Waals surface area contributed by atoms with Crippen LogP contribution in [0.3, 0.4) is 0 Å². The number of nitrogens with zero attached hydrogens (tertiary/aromatic N) is 2. The molecule has 2 aromatic carbocycles. The fraction of sp³-hybridized carbons (Fsp3) is 0.111. The minimum absolute atomic E-state index is 0.502. The summed E-state index contributed by atoms with van der Waals surface area (Å²) in [6.07, 6.45) is 1.74. The molecule has 0 saturated carbocycles. The minimum atomic E-state index is 0.502. The number of hydrogen-bond donors (Lipinski definition) is 2. The van der Waals surface area contributed by atoms with Crippen LogP contribution in [0.5, 0.6) is 5.75 Å². The Bertz CT molecular complexity index is 761. The Balaban J connectivity index is 1.76. The van der Waals surface area contributed by atoms with Crippen molar-refractivity contribution in [1.82, 2.24) is 9.97 Å². The van der Waals surface area contributed by atoms with Crippen LogP contribution in [0.2, 0.25) is 0 Å². The monoisotopic (exact) mass is 338 g/mol. The highest BCUT2D eigenvalue weighted by Gasteiger charge is 2.04. The Kier molecular flexibility index (Phi) is 5.30. The summed E-state index contributed by atoms with van der Waals surface area (Å²) in [4.78, 5) is 9.88. The summed E-state index contributed by atoms with van der Waals surface area (Å²) in [5.41, 5.74) is 7.65. The third kappa shape index (κ3) is 4.24. The molecule has 1 aromatic heterocycles. The van der Waals surface area contributed by atoms with Crippen LogP contribution >= 0.6 is 11.8 Å². The van der Waals surface area contributed by atoms with Gasteiger partial charge in [0.15, 0.2) is 0 Å². The predicted octanol–water partition coefficient (Wildman–Crippen LogP) is 3.84. The first-order valence-electron chi connectivity index (χ1n) is 7.48. The lowest BCUT2D eigenvalue weighted by atomic mass is 10.2. The van der Waals surface area contributed by atoms with Gasteiger partial charge in [-0.2, -0.15) is 0 Å².